The Hall–Kier alpha value is -1.79. The number of fused-ring (bicyclic) bond motifs is 1. The number of imidazole rings is 1. The van der Waals surface area contributed by atoms with Gasteiger partial charge in [-0.3, -0.25) is 9.47 Å². The van der Waals surface area contributed by atoms with E-state index in [1.807, 2.05) is 12.1 Å². The Labute approximate surface area is 134 Å². The molecule has 0 radical (unpaired) electrons. The van der Waals surface area contributed by atoms with Crippen molar-refractivity contribution in [1.82, 2.24) is 14.5 Å². The average molecular weight is 321 g/mol. The molecule has 6 heteroatoms. The van der Waals surface area contributed by atoms with Crippen LogP contribution in [0.3, 0.4) is 0 Å². The topological polar surface area (TPSA) is 41.3 Å². The van der Waals surface area contributed by atoms with E-state index >= 15 is 0 Å². The van der Waals surface area contributed by atoms with Crippen molar-refractivity contribution in [2.45, 2.75) is 38.4 Å². The summed E-state index contributed by atoms with van der Waals surface area (Å²) in [5.74, 6) is 0.330. The lowest BCUT2D eigenvalue weighted by Gasteiger charge is -2.35. The maximum atomic E-state index is 13.0. The summed E-state index contributed by atoms with van der Waals surface area (Å²) < 4.78 is 27.0. The Bertz CT molecular complexity index is 644. The van der Waals surface area contributed by atoms with Crippen LogP contribution in [-0.4, -0.2) is 32.7 Å². The second-order valence-corrected chi connectivity index (χ2v) is 5.83. The number of benzene rings is 1. The van der Waals surface area contributed by atoms with Crippen LogP contribution in [0.15, 0.2) is 36.7 Å². The van der Waals surface area contributed by atoms with Gasteiger partial charge in [-0.25, -0.2) is 4.98 Å². The highest BCUT2D eigenvalue weighted by Crippen LogP contribution is 2.35. The molecule has 3 rings (SSSR count). The van der Waals surface area contributed by atoms with Crippen LogP contribution in [0.4, 0.5) is 8.78 Å². The van der Waals surface area contributed by atoms with Gasteiger partial charge >= 0.3 is 6.55 Å². The van der Waals surface area contributed by atoms with Gasteiger partial charge in [0.25, 0.3) is 0 Å². The number of hydrogen-bond donors (Lipinski definition) is 1. The molecule has 0 saturated heterocycles. The van der Waals surface area contributed by atoms with Crippen molar-refractivity contribution in [3.8, 4) is 0 Å². The molecule has 0 saturated carbocycles. The quantitative estimate of drug-likeness (QED) is 0.888. The Morgan fingerprint density at radius 1 is 1.35 bits per heavy atom. The average Bonchev–Trinajstić information content (AvgIpc) is 3.02. The molecule has 0 spiro atoms. The van der Waals surface area contributed by atoms with Crippen molar-refractivity contribution < 1.29 is 13.9 Å². The maximum absolute atomic E-state index is 13.0. The van der Waals surface area contributed by atoms with Gasteiger partial charge in [-0.1, -0.05) is 24.3 Å². The number of aliphatic hydroxyl groups is 1. The zero-order valence-electron chi connectivity index (χ0n) is 12.9. The predicted octanol–water partition coefficient (Wildman–Crippen LogP) is 3.15. The first-order chi connectivity index (χ1) is 11.2. The number of halogens is 2. The van der Waals surface area contributed by atoms with Crippen LogP contribution in [0, 0.1) is 0 Å². The monoisotopic (exact) mass is 321 g/mol. The number of hydrogen-bond acceptors (Lipinski definition) is 3. The molecular weight excluding hydrogens is 300 g/mol. The number of rotatable bonds is 6. The lowest BCUT2D eigenvalue weighted by Crippen LogP contribution is -2.34. The van der Waals surface area contributed by atoms with Crippen molar-refractivity contribution >= 4 is 0 Å². The van der Waals surface area contributed by atoms with Crippen molar-refractivity contribution in [3.05, 3.63) is 53.6 Å². The predicted molar refractivity (Wildman–Crippen MR) is 83.1 cm³/mol. The molecule has 124 valence electrons. The highest BCUT2D eigenvalue weighted by atomic mass is 19.3. The van der Waals surface area contributed by atoms with Crippen molar-refractivity contribution in [3.63, 3.8) is 0 Å². The van der Waals surface area contributed by atoms with E-state index in [1.54, 1.807) is 0 Å². The third-order valence-corrected chi connectivity index (χ3v) is 4.47. The second kappa shape index (κ2) is 7.19. The molecular formula is C17H21F2N3O. The molecule has 1 aliphatic carbocycles. The molecule has 1 N–H and O–H groups in total. The summed E-state index contributed by atoms with van der Waals surface area (Å²) in [6.45, 7) is -1.86. The largest absolute Gasteiger partial charge is 0.395 e. The molecule has 0 aliphatic heterocycles. The van der Waals surface area contributed by atoms with Gasteiger partial charge in [-0.05, 0) is 30.4 Å². The summed E-state index contributed by atoms with van der Waals surface area (Å²) in [7, 11) is 0. The van der Waals surface area contributed by atoms with Crippen LogP contribution in [0.5, 0.6) is 0 Å². The van der Waals surface area contributed by atoms with Gasteiger partial charge in [-0.2, -0.15) is 8.78 Å². The van der Waals surface area contributed by atoms with Crippen LogP contribution in [0.25, 0.3) is 0 Å². The minimum absolute atomic E-state index is 0.00590. The number of alkyl halides is 2. The molecule has 1 atom stereocenters. The van der Waals surface area contributed by atoms with E-state index in [1.165, 1.54) is 23.5 Å². The number of aliphatic hydroxyl groups excluding tert-OH is 1. The Morgan fingerprint density at radius 2 is 2.17 bits per heavy atom. The van der Waals surface area contributed by atoms with Gasteiger partial charge in [0, 0.05) is 25.0 Å². The number of aryl methyl sites for hydroxylation is 1. The molecule has 23 heavy (non-hydrogen) atoms. The smallest absolute Gasteiger partial charge is 0.319 e. The van der Waals surface area contributed by atoms with E-state index in [-0.39, 0.29) is 12.6 Å². The summed E-state index contributed by atoms with van der Waals surface area (Å²) in [4.78, 5) is 6.12. The van der Waals surface area contributed by atoms with E-state index in [4.69, 9.17) is 0 Å². The molecule has 1 unspecified atom stereocenters. The van der Waals surface area contributed by atoms with Crippen molar-refractivity contribution in [1.29, 1.82) is 0 Å². The van der Waals surface area contributed by atoms with Crippen LogP contribution in [0.1, 0.15) is 42.4 Å². The maximum Gasteiger partial charge on any atom is 0.319 e. The molecule has 1 aromatic heterocycles. The summed E-state index contributed by atoms with van der Waals surface area (Å²) in [6.07, 6.45) is 5.77. The fourth-order valence-electron chi connectivity index (χ4n) is 3.41. The van der Waals surface area contributed by atoms with Gasteiger partial charge in [0.1, 0.15) is 5.82 Å². The van der Waals surface area contributed by atoms with E-state index in [0.717, 1.165) is 23.8 Å². The second-order valence-electron chi connectivity index (χ2n) is 5.83. The third-order valence-electron chi connectivity index (χ3n) is 4.47. The number of nitrogens with zero attached hydrogens (tertiary/aromatic N) is 3. The van der Waals surface area contributed by atoms with Crippen LogP contribution >= 0.6 is 0 Å². The van der Waals surface area contributed by atoms with E-state index in [9.17, 15) is 13.9 Å². The summed E-state index contributed by atoms with van der Waals surface area (Å²) >= 11 is 0. The summed E-state index contributed by atoms with van der Waals surface area (Å²) in [5, 5.41) is 9.41. The highest BCUT2D eigenvalue weighted by Gasteiger charge is 2.27. The standard InChI is InChI=1S/C17H21F2N3O/c18-17(19)22-9-8-20-16(22)12-21(10-11-23)15-7-3-5-13-4-1-2-6-14(13)15/h1-2,4,6,8-9,15,17,23H,3,5,7,10-12H2. The lowest BCUT2D eigenvalue weighted by molar-refractivity contribution is 0.0596. The van der Waals surface area contributed by atoms with Gasteiger partial charge in [0.15, 0.2) is 0 Å². The van der Waals surface area contributed by atoms with Crippen LogP contribution in [0.2, 0.25) is 0 Å². The van der Waals surface area contributed by atoms with Crippen molar-refractivity contribution in [2.24, 2.45) is 0 Å². The first-order valence-electron chi connectivity index (χ1n) is 7.93. The fourth-order valence-corrected chi connectivity index (χ4v) is 3.41. The highest BCUT2D eigenvalue weighted by molar-refractivity contribution is 5.32. The molecule has 4 nitrogen and oxygen atoms in total. The van der Waals surface area contributed by atoms with E-state index in [2.05, 4.69) is 22.0 Å². The normalized spacial score (nSPS) is 17.7. The molecule has 0 bridgehead atoms. The van der Waals surface area contributed by atoms with E-state index in [0.29, 0.717) is 18.9 Å². The Balaban J connectivity index is 1.86. The SMILES string of the molecule is OCCN(Cc1nccn1C(F)F)C1CCCc2ccccc21. The van der Waals surface area contributed by atoms with Crippen LogP contribution < -0.4 is 0 Å². The Kier molecular flexibility index (Phi) is 5.03. The zero-order chi connectivity index (χ0) is 16.2. The molecule has 1 heterocycles. The molecule has 1 aromatic carbocycles. The summed E-state index contributed by atoms with van der Waals surface area (Å²) in [5.41, 5.74) is 2.55. The van der Waals surface area contributed by atoms with E-state index < -0.39 is 6.55 Å². The first-order valence-corrected chi connectivity index (χ1v) is 7.93. The molecule has 0 amide bonds. The van der Waals surface area contributed by atoms with Gasteiger partial charge in [0.05, 0.1) is 13.2 Å². The molecule has 2 aromatic rings. The van der Waals surface area contributed by atoms with Crippen LogP contribution in [-0.2, 0) is 13.0 Å². The molecule has 1 aliphatic rings. The molecule has 0 fully saturated rings. The Morgan fingerprint density at radius 3 is 2.96 bits per heavy atom. The first kappa shape index (κ1) is 16.1. The van der Waals surface area contributed by atoms with Gasteiger partial charge in [0.2, 0.25) is 0 Å². The van der Waals surface area contributed by atoms with Gasteiger partial charge in [-0.15, -0.1) is 0 Å². The lowest BCUT2D eigenvalue weighted by atomic mass is 9.87. The fraction of sp³-hybridized carbons (Fsp3) is 0.471. The number of aromatic nitrogens is 2. The van der Waals surface area contributed by atoms with Crippen molar-refractivity contribution in [2.75, 3.05) is 13.2 Å². The third kappa shape index (κ3) is 3.43. The van der Waals surface area contributed by atoms with Gasteiger partial charge < -0.3 is 5.11 Å². The minimum Gasteiger partial charge on any atom is -0.395 e. The minimum atomic E-state index is -2.60. The summed E-state index contributed by atoms with van der Waals surface area (Å²) in [6, 6.07) is 8.40. The zero-order valence-corrected chi connectivity index (χ0v) is 12.9.